The van der Waals surface area contributed by atoms with Gasteiger partial charge in [-0.15, -0.1) is 0 Å². The molecule has 7 heteroatoms. The fraction of sp³-hybridized carbons (Fsp3) is 0.643. The van der Waals surface area contributed by atoms with Crippen LogP contribution in [0.2, 0.25) is 0 Å². The summed E-state index contributed by atoms with van der Waals surface area (Å²) in [6.07, 6.45) is 5.40. The van der Waals surface area contributed by atoms with E-state index in [1.165, 1.54) is 0 Å². The lowest BCUT2D eigenvalue weighted by Crippen LogP contribution is -2.54. The van der Waals surface area contributed by atoms with Crippen molar-refractivity contribution in [2.24, 2.45) is 12.8 Å². The van der Waals surface area contributed by atoms with Crippen LogP contribution >= 0.6 is 12.2 Å². The maximum absolute atomic E-state index is 12.4. The molecule has 0 aliphatic carbocycles. The molecule has 1 aromatic heterocycles. The van der Waals surface area contributed by atoms with Crippen molar-refractivity contribution >= 4 is 23.1 Å². The molecule has 0 radical (unpaired) electrons. The van der Waals surface area contributed by atoms with Crippen molar-refractivity contribution in [3.63, 3.8) is 0 Å². The fourth-order valence-corrected chi connectivity index (χ4v) is 3.00. The molecule has 2 heterocycles. The van der Waals surface area contributed by atoms with Crippen LogP contribution < -0.4 is 5.73 Å². The highest BCUT2D eigenvalue weighted by molar-refractivity contribution is 7.80. The van der Waals surface area contributed by atoms with Crippen LogP contribution in [0.3, 0.4) is 0 Å². The first kappa shape index (κ1) is 15.9. The van der Waals surface area contributed by atoms with Crippen LogP contribution in [0.4, 0.5) is 0 Å². The van der Waals surface area contributed by atoms with Gasteiger partial charge in [0.15, 0.2) is 0 Å². The number of nitrogens with two attached hydrogens (primary N) is 1. The predicted molar refractivity (Wildman–Crippen MR) is 86.2 cm³/mol. The van der Waals surface area contributed by atoms with Gasteiger partial charge in [0.05, 0.1) is 22.8 Å². The molecule has 21 heavy (non-hydrogen) atoms. The minimum absolute atomic E-state index is 0.0464. The lowest BCUT2D eigenvalue weighted by molar-refractivity contribution is 0.0608. The van der Waals surface area contributed by atoms with Crippen LogP contribution in [-0.4, -0.2) is 62.7 Å². The van der Waals surface area contributed by atoms with E-state index in [1.807, 2.05) is 11.9 Å². The van der Waals surface area contributed by atoms with Gasteiger partial charge in [-0.25, -0.2) is 0 Å². The summed E-state index contributed by atoms with van der Waals surface area (Å²) in [5.74, 6) is 0.0464. The molecule has 1 atom stereocenters. The molecule has 0 bridgehead atoms. The molecular weight excluding hydrogens is 286 g/mol. The van der Waals surface area contributed by atoms with Crippen molar-refractivity contribution < 1.29 is 4.79 Å². The molecule has 1 aliphatic heterocycles. The minimum atomic E-state index is 0.0464. The Balaban J connectivity index is 1.93. The number of hydrogen-bond donors (Lipinski definition) is 1. The largest absolute Gasteiger partial charge is 0.392 e. The Kier molecular flexibility index (Phi) is 5.30. The molecule has 0 aromatic carbocycles. The number of aromatic nitrogens is 2. The zero-order valence-corrected chi connectivity index (χ0v) is 13.5. The number of carbonyl (C=O) groups excluding carboxylic acids is 1. The van der Waals surface area contributed by atoms with Gasteiger partial charge in [0.1, 0.15) is 0 Å². The quantitative estimate of drug-likeness (QED) is 0.808. The Morgan fingerprint density at radius 3 is 2.57 bits per heavy atom. The van der Waals surface area contributed by atoms with Crippen LogP contribution in [0.1, 0.15) is 30.1 Å². The van der Waals surface area contributed by atoms with Crippen LogP contribution in [0, 0.1) is 0 Å². The van der Waals surface area contributed by atoms with Gasteiger partial charge < -0.3 is 10.6 Å². The number of thiocarbonyl (C=S) groups is 1. The number of nitrogens with zero attached hydrogens (tertiary/aromatic N) is 4. The van der Waals surface area contributed by atoms with Gasteiger partial charge >= 0.3 is 0 Å². The summed E-state index contributed by atoms with van der Waals surface area (Å²) in [7, 11) is 1.81. The third kappa shape index (κ3) is 3.79. The summed E-state index contributed by atoms with van der Waals surface area (Å²) in [6.45, 7) is 5.17. The summed E-state index contributed by atoms with van der Waals surface area (Å²) in [4.78, 5) is 17.1. The van der Waals surface area contributed by atoms with Crippen molar-refractivity contribution in [3.8, 4) is 0 Å². The van der Waals surface area contributed by atoms with Gasteiger partial charge in [0.2, 0.25) is 0 Å². The van der Waals surface area contributed by atoms with E-state index in [-0.39, 0.29) is 11.9 Å². The predicted octanol–water partition coefficient (Wildman–Crippen LogP) is 0.633. The Morgan fingerprint density at radius 2 is 2.10 bits per heavy atom. The van der Waals surface area contributed by atoms with Crippen molar-refractivity contribution in [1.82, 2.24) is 19.6 Å². The maximum atomic E-state index is 12.4. The Hall–Kier alpha value is -1.47. The van der Waals surface area contributed by atoms with Crippen LogP contribution in [0.5, 0.6) is 0 Å². The SMILES string of the molecule is CCCC(C(N)=S)N1CCN(C(=O)c2cnn(C)c2)CC1. The molecule has 0 spiro atoms. The number of hydrogen-bond acceptors (Lipinski definition) is 4. The summed E-state index contributed by atoms with van der Waals surface area (Å²) in [6, 6.07) is 0.153. The van der Waals surface area contributed by atoms with Gasteiger partial charge in [0, 0.05) is 39.4 Å². The van der Waals surface area contributed by atoms with Crippen LogP contribution in [0.15, 0.2) is 12.4 Å². The molecule has 1 fully saturated rings. The van der Waals surface area contributed by atoms with Crippen molar-refractivity contribution in [1.29, 1.82) is 0 Å². The fourth-order valence-electron chi connectivity index (χ4n) is 2.73. The number of carbonyl (C=O) groups is 1. The molecule has 2 N–H and O–H groups in total. The third-order valence-corrected chi connectivity index (χ3v) is 4.16. The molecule has 1 aromatic rings. The zero-order valence-electron chi connectivity index (χ0n) is 12.7. The molecule has 2 rings (SSSR count). The summed E-state index contributed by atoms with van der Waals surface area (Å²) < 4.78 is 1.65. The van der Waals surface area contributed by atoms with E-state index in [0.29, 0.717) is 23.6 Å². The van der Waals surface area contributed by atoms with Gasteiger partial charge in [-0.2, -0.15) is 5.10 Å². The second-order valence-electron chi connectivity index (χ2n) is 5.44. The van der Waals surface area contributed by atoms with Gasteiger partial charge in [0.25, 0.3) is 5.91 Å². The van der Waals surface area contributed by atoms with Crippen molar-refractivity contribution in [2.45, 2.75) is 25.8 Å². The van der Waals surface area contributed by atoms with Gasteiger partial charge in [-0.1, -0.05) is 25.6 Å². The van der Waals surface area contributed by atoms with Crippen LogP contribution in [0.25, 0.3) is 0 Å². The first-order valence-electron chi connectivity index (χ1n) is 7.34. The Morgan fingerprint density at radius 1 is 1.43 bits per heavy atom. The summed E-state index contributed by atoms with van der Waals surface area (Å²) in [5, 5.41) is 4.05. The number of amides is 1. The smallest absolute Gasteiger partial charge is 0.257 e. The molecule has 1 aliphatic rings. The second-order valence-corrected chi connectivity index (χ2v) is 5.91. The van der Waals surface area contributed by atoms with E-state index in [2.05, 4.69) is 16.9 Å². The van der Waals surface area contributed by atoms with Crippen molar-refractivity contribution in [2.75, 3.05) is 26.2 Å². The zero-order chi connectivity index (χ0) is 15.4. The highest BCUT2D eigenvalue weighted by Crippen LogP contribution is 2.13. The Labute approximate surface area is 130 Å². The normalized spacial score (nSPS) is 17.7. The number of aryl methyl sites for hydroxylation is 1. The monoisotopic (exact) mass is 309 g/mol. The van der Waals surface area contributed by atoms with E-state index in [0.717, 1.165) is 25.9 Å². The first-order chi connectivity index (χ1) is 10.0. The van der Waals surface area contributed by atoms with Crippen LogP contribution in [-0.2, 0) is 7.05 Å². The van der Waals surface area contributed by atoms with E-state index in [4.69, 9.17) is 18.0 Å². The molecular formula is C14H23N5OS. The van der Waals surface area contributed by atoms with E-state index in [1.54, 1.807) is 17.1 Å². The van der Waals surface area contributed by atoms with Crippen molar-refractivity contribution in [3.05, 3.63) is 18.0 Å². The van der Waals surface area contributed by atoms with E-state index in [9.17, 15) is 4.79 Å². The number of piperazine rings is 1. The average Bonchev–Trinajstić information content (AvgIpc) is 2.90. The van der Waals surface area contributed by atoms with E-state index >= 15 is 0 Å². The Bertz CT molecular complexity index is 507. The standard InChI is InChI=1S/C14H23N5OS/c1-3-4-12(13(15)21)18-5-7-19(8-6-18)14(20)11-9-16-17(2)10-11/h9-10,12H,3-8H2,1-2H3,(H2,15,21). The average molecular weight is 309 g/mol. The highest BCUT2D eigenvalue weighted by atomic mass is 32.1. The molecule has 1 unspecified atom stereocenters. The molecule has 1 saturated heterocycles. The second kappa shape index (κ2) is 7.00. The molecule has 1 amide bonds. The first-order valence-corrected chi connectivity index (χ1v) is 7.75. The topological polar surface area (TPSA) is 67.4 Å². The van der Waals surface area contributed by atoms with Gasteiger partial charge in [-0.05, 0) is 6.42 Å². The van der Waals surface area contributed by atoms with Gasteiger partial charge in [-0.3, -0.25) is 14.4 Å². The van der Waals surface area contributed by atoms with E-state index < -0.39 is 0 Å². The minimum Gasteiger partial charge on any atom is -0.392 e. The molecule has 6 nitrogen and oxygen atoms in total. The lowest BCUT2D eigenvalue weighted by atomic mass is 10.1. The maximum Gasteiger partial charge on any atom is 0.257 e. The highest BCUT2D eigenvalue weighted by Gasteiger charge is 2.27. The lowest BCUT2D eigenvalue weighted by Gasteiger charge is -2.38. The summed E-state index contributed by atoms with van der Waals surface area (Å²) in [5.41, 5.74) is 6.48. The molecule has 0 saturated carbocycles. The summed E-state index contributed by atoms with van der Waals surface area (Å²) >= 11 is 5.17. The third-order valence-electron chi connectivity index (χ3n) is 3.88. The molecule has 116 valence electrons. The number of rotatable bonds is 5.